The highest BCUT2D eigenvalue weighted by molar-refractivity contribution is 5.64. The lowest BCUT2D eigenvalue weighted by molar-refractivity contribution is 0.951. The molecule has 0 saturated carbocycles. The van der Waals surface area contributed by atoms with E-state index in [1.54, 1.807) is 0 Å². The van der Waals surface area contributed by atoms with Gasteiger partial charge in [-0.1, -0.05) is 67.1 Å². The molecule has 0 bridgehead atoms. The molecule has 0 aliphatic carbocycles. The SMILES string of the molecule is CCCNc1nc(NCc2ccc(C)cc2)cc(-c2ccccc2)n1. The Bertz CT molecular complexity index is 798. The maximum absolute atomic E-state index is 4.65. The third kappa shape index (κ3) is 4.80. The van der Waals surface area contributed by atoms with Crippen LogP contribution in [-0.2, 0) is 6.54 Å². The third-order valence-corrected chi connectivity index (χ3v) is 3.92. The summed E-state index contributed by atoms with van der Waals surface area (Å²) in [6.07, 6.45) is 1.03. The van der Waals surface area contributed by atoms with Crippen LogP contribution in [0.25, 0.3) is 11.3 Å². The average Bonchev–Trinajstić information content (AvgIpc) is 2.66. The second kappa shape index (κ2) is 8.29. The summed E-state index contributed by atoms with van der Waals surface area (Å²) in [6, 6.07) is 20.7. The number of hydrogen-bond donors (Lipinski definition) is 2. The van der Waals surface area contributed by atoms with Gasteiger partial charge in [-0.3, -0.25) is 0 Å². The molecule has 1 heterocycles. The standard InChI is InChI=1S/C21H24N4/c1-3-13-22-21-24-19(18-7-5-4-6-8-18)14-20(25-21)23-15-17-11-9-16(2)10-12-17/h4-12,14H,3,13,15H2,1-2H3,(H2,22,23,24,25). The minimum Gasteiger partial charge on any atom is -0.366 e. The van der Waals surface area contributed by atoms with Crippen molar-refractivity contribution in [1.82, 2.24) is 9.97 Å². The van der Waals surface area contributed by atoms with E-state index in [2.05, 4.69) is 70.8 Å². The van der Waals surface area contributed by atoms with E-state index in [-0.39, 0.29) is 0 Å². The molecule has 0 fully saturated rings. The summed E-state index contributed by atoms with van der Waals surface area (Å²) in [7, 11) is 0. The van der Waals surface area contributed by atoms with Gasteiger partial charge in [0.25, 0.3) is 0 Å². The zero-order chi connectivity index (χ0) is 17.5. The molecule has 0 saturated heterocycles. The van der Waals surface area contributed by atoms with Crippen molar-refractivity contribution in [3.63, 3.8) is 0 Å². The molecule has 0 atom stereocenters. The highest BCUT2D eigenvalue weighted by Crippen LogP contribution is 2.21. The van der Waals surface area contributed by atoms with Gasteiger partial charge in [0.2, 0.25) is 5.95 Å². The molecule has 25 heavy (non-hydrogen) atoms. The van der Waals surface area contributed by atoms with E-state index in [1.807, 2.05) is 24.3 Å². The first-order valence-electron chi connectivity index (χ1n) is 8.72. The molecule has 0 unspecified atom stereocenters. The summed E-state index contributed by atoms with van der Waals surface area (Å²) in [5.41, 5.74) is 4.50. The second-order valence-electron chi connectivity index (χ2n) is 6.09. The number of rotatable bonds is 7. The van der Waals surface area contributed by atoms with Crippen LogP contribution in [0.3, 0.4) is 0 Å². The average molecular weight is 332 g/mol. The highest BCUT2D eigenvalue weighted by atomic mass is 15.1. The van der Waals surface area contributed by atoms with Crippen LogP contribution < -0.4 is 10.6 Å². The first-order chi connectivity index (χ1) is 12.2. The number of aromatic nitrogens is 2. The van der Waals surface area contributed by atoms with Crippen LogP contribution in [0.1, 0.15) is 24.5 Å². The molecule has 2 aromatic carbocycles. The van der Waals surface area contributed by atoms with Gasteiger partial charge < -0.3 is 10.6 Å². The molecule has 4 nitrogen and oxygen atoms in total. The van der Waals surface area contributed by atoms with Gasteiger partial charge in [0.1, 0.15) is 5.82 Å². The van der Waals surface area contributed by atoms with Crippen LogP contribution in [-0.4, -0.2) is 16.5 Å². The Morgan fingerprint density at radius 2 is 1.64 bits per heavy atom. The molecule has 3 rings (SSSR count). The largest absolute Gasteiger partial charge is 0.366 e. The summed E-state index contributed by atoms with van der Waals surface area (Å²) >= 11 is 0. The van der Waals surface area contributed by atoms with Gasteiger partial charge >= 0.3 is 0 Å². The first-order valence-corrected chi connectivity index (χ1v) is 8.72. The number of anilines is 2. The predicted molar refractivity (Wildman–Crippen MR) is 105 cm³/mol. The smallest absolute Gasteiger partial charge is 0.225 e. The molecule has 0 radical (unpaired) electrons. The van der Waals surface area contributed by atoms with Crippen LogP contribution in [0.2, 0.25) is 0 Å². The van der Waals surface area contributed by atoms with Crippen molar-refractivity contribution in [2.24, 2.45) is 0 Å². The fourth-order valence-electron chi connectivity index (χ4n) is 2.51. The molecule has 4 heteroatoms. The van der Waals surface area contributed by atoms with E-state index in [0.717, 1.165) is 36.6 Å². The Morgan fingerprint density at radius 3 is 2.36 bits per heavy atom. The van der Waals surface area contributed by atoms with Gasteiger partial charge in [-0.05, 0) is 18.9 Å². The molecular formula is C21H24N4. The van der Waals surface area contributed by atoms with Gasteiger partial charge in [0.15, 0.2) is 0 Å². The summed E-state index contributed by atoms with van der Waals surface area (Å²) in [6.45, 7) is 5.82. The molecule has 2 N–H and O–H groups in total. The van der Waals surface area contributed by atoms with Gasteiger partial charge in [0.05, 0.1) is 5.69 Å². The monoisotopic (exact) mass is 332 g/mol. The van der Waals surface area contributed by atoms with Crippen molar-refractivity contribution in [3.05, 3.63) is 71.8 Å². The minimum atomic E-state index is 0.662. The highest BCUT2D eigenvalue weighted by Gasteiger charge is 2.06. The lowest BCUT2D eigenvalue weighted by Gasteiger charge is -2.11. The number of hydrogen-bond acceptors (Lipinski definition) is 4. The van der Waals surface area contributed by atoms with Crippen molar-refractivity contribution in [1.29, 1.82) is 0 Å². The maximum atomic E-state index is 4.65. The molecule has 128 valence electrons. The second-order valence-corrected chi connectivity index (χ2v) is 6.09. The van der Waals surface area contributed by atoms with Crippen LogP contribution >= 0.6 is 0 Å². The fraction of sp³-hybridized carbons (Fsp3) is 0.238. The quantitative estimate of drug-likeness (QED) is 0.647. The predicted octanol–water partition coefficient (Wildman–Crippen LogP) is 4.89. The zero-order valence-corrected chi connectivity index (χ0v) is 14.8. The van der Waals surface area contributed by atoms with Crippen LogP contribution in [0, 0.1) is 6.92 Å². The van der Waals surface area contributed by atoms with Crippen LogP contribution in [0.4, 0.5) is 11.8 Å². The van der Waals surface area contributed by atoms with E-state index in [9.17, 15) is 0 Å². The summed E-state index contributed by atoms with van der Waals surface area (Å²) in [5.74, 6) is 1.49. The topological polar surface area (TPSA) is 49.8 Å². The molecule has 0 spiro atoms. The Hall–Kier alpha value is -2.88. The van der Waals surface area contributed by atoms with E-state index < -0.39 is 0 Å². The third-order valence-electron chi connectivity index (χ3n) is 3.92. The van der Waals surface area contributed by atoms with Crippen molar-refractivity contribution in [2.75, 3.05) is 17.2 Å². The van der Waals surface area contributed by atoms with Crippen molar-refractivity contribution in [2.45, 2.75) is 26.8 Å². The van der Waals surface area contributed by atoms with Gasteiger partial charge in [-0.2, -0.15) is 4.98 Å². The number of nitrogens with zero attached hydrogens (tertiary/aromatic N) is 2. The molecule has 1 aromatic heterocycles. The van der Waals surface area contributed by atoms with Crippen LogP contribution in [0.5, 0.6) is 0 Å². The van der Waals surface area contributed by atoms with Crippen LogP contribution in [0.15, 0.2) is 60.7 Å². The van der Waals surface area contributed by atoms with E-state index in [4.69, 9.17) is 0 Å². The summed E-state index contributed by atoms with van der Waals surface area (Å²) < 4.78 is 0. The molecule has 0 aliphatic heterocycles. The summed E-state index contributed by atoms with van der Waals surface area (Å²) in [4.78, 5) is 9.24. The Labute approximate surface area is 149 Å². The lowest BCUT2D eigenvalue weighted by atomic mass is 10.1. The first kappa shape index (κ1) is 17.0. The van der Waals surface area contributed by atoms with Crippen molar-refractivity contribution >= 4 is 11.8 Å². The van der Waals surface area contributed by atoms with Crippen molar-refractivity contribution in [3.8, 4) is 11.3 Å². The van der Waals surface area contributed by atoms with Crippen molar-refractivity contribution < 1.29 is 0 Å². The Morgan fingerprint density at radius 1 is 0.880 bits per heavy atom. The Kier molecular flexibility index (Phi) is 5.62. The Balaban J connectivity index is 1.82. The molecule has 3 aromatic rings. The molecule has 0 aliphatic rings. The van der Waals surface area contributed by atoms with Gasteiger partial charge in [-0.15, -0.1) is 0 Å². The van der Waals surface area contributed by atoms with E-state index >= 15 is 0 Å². The molecular weight excluding hydrogens is 308 g/mol. The van der Waals surface area contributed by atoms with Gasteiger partial charge in [-0.25, -0.2) is 4.98 Å². The lowest BCUT2D eigenvalue weighted by Crippen LogP contribution is -2.08. The van der Waals surface area contributed by atoms with Gasteiger partial charge in [0, 0.05) is 24.7 Å². The molecule has 0 amide bonds. The number of aryl methyl sites for hydroxylation is 1. The zero-order valence-electron chi connectivity index (χ0n) is 14.8. The maximum Gasteiger partial charge on any atom is 0.225 e. The number of nitrogens with one attached hydrogen (secondary N) is 2. The normalized spacial score (nSPS) is 10.5. The minimum absolute atomic E-state index is 0.662. The fourth-order valence-corrected chi connectivity index (χ4v) is 2.51. The van der Waals surface area contributed by atoms with E-state index in [1.165, 1.54) is 11.1 Å². The van der Waals surface area contributed by atoms with E-state index in [0.29, 0.717) is 5.95 Å². The number of benzene rings is 2. The summed E-state index contributed by atoms with van der Waals surface area (Å²) in [5, 5.41) is 6.70.